The van der Waals surface area contributed by atoms with Crippen molar-refractivity contribution in [1.82, 2.24) is 0 Å². The molecule has 0 bridgehead atoms. The molecule has 0 N–H and O–H groups in total. The molecule has 0 radical (unpaired) electrons. The van der Waals surface area contributed by atoms with E-state index in [1.165, 1.54) is 47.9 Å². The van der Waals surface area contributed by atoms with Gasteiger partial charge in [0, 0.05) is 6.61 Å². The van der Waals surface area contributed by atoms with Gasteiger partial charge in [-0.25, -0.2) is 0 Å². The molecule has 0 aromatic heterocycles. The maximum Gasteiger partial charge on any atom is 0.288 e. The Morgan fingerprint density at radius 2 is 0.765 bits per heavy atom. The molecule has 1 nitrogen and oxygen atoms in total. The summed E-state index contributed by atoms with van der Waals surface area (Å²) in [5, 5.41) is 11.3. The predicted octanol–water partition coefficient (Wildman–Crippen LogP) is 6.15. The minimum absolute atomic E-state index is 0.651. The number of benzene rings is 6. The van der Waals surface area contributed by atoms with Crippen LogP contribution in [-0.2, 0) is 4.43 Å². The molecule has 0 amide bonds. The smallest absolute Gasteiger partial charge is 0.288 e. The molecule has 0 heterocycles. The van der Waals surface area contributed by atoms with Gasteiger partial charge < -0.3 is 4.43 Å². The molecule has 0 aliphatic carbocycles. The van der Waals surface area contributed by atoms with Crippen molar-refractivity contribution in [3.05, 3.63) is 127 Å². The fourth-order valence-electron chi connectivity index (χ4n) is 5.19. The molecule has 0 spiro atoms. The Balaban J connectivity index is 1.69. The van der Waals surface area contributed by atoms with E-state index in [1.807, 2.05) is 0 Å². The molecular weight excluding hydrogens is 428 g/mol. The number of hydrogen-bond acceptors (Lipinski definition) is 1. The summed E-state index contributed by atoms with van der Waals surface area (Å²) in [4.78, 5) is 0. The molecular formula is C32H26OSi. The lowest BCUT2D eigenvalue weighted by molar-refractivity contribution is 0.347. The summed E-state index contributed by atoms with van der Waals surface area (Å²) in [6.45, 7) is 2.77. The Bertz CT molecular complexity index is 1440. The van der Waals surface area contributed by atoms with E-state index < -0.39 is 8.32 Å². The number of rotatable bonds is 5. The molecule has 6 aromatic carbocycles. The van der Waals surface area contributed by atoms with Gasteiger partial charge in [0.1, 0.15) is 0 Å². The van der Waals surface area contributed by atoms with E-state index in [0.717, 1.165) is 0 Å². The average molecular weight is 455 g/mol. The third-order valence-electron chi connectivity index (χ3n) is 6.83. The van der Waals surface area contributed by atoms with Crippen LogP contribution >= 0.6 is 0 Å². The normalized spacial score (nSPS) is 11.9. The molecule has 0 saturated heterocycles. The van der Waals surface area contributed by atoms with Crippen molar-refractivity contribution in [2.45, 2.75) is 6.92 Å². The van der Waals surface area contributed by atoms with Gasteiger partial charge >= 0.3 is 0 Å². The maximum absolute atomic E-state index is 6.97. The van der Waals surface area contributed by atoms with Crippen LogP contribution in [0.2, 0.25) is 0 Å². The van der Waals surface area contributed by atoms with Crippen LogP contribution in [0.15, 0.2) is 127 Å². The molecule has 0 fully saturated rings. The highest BCUT2D eigenvalue weighted by atomic mass is 28.4. The highest BCUT2D eigenvalue weighted by molar-refractivity contribution is 7.07. The number of fused-ring (bicyclic) bond motifs is 3. The molecule has 0 atom stereocenters. The number of hydrogen-bond donors (Lipinski definition) is 0. The fourth-order valence-corrected chi connectivity index (χ4v) is 9.15. The second kappa shape index (κ2) is 8.57. The summed E-state index contributed by atoms with van der Waals surface area (Å²) >= 11 is 0. The first kappa shape index (κ1) is 20.9. The van der Waals surface area contributed by atoms with Crippen molar-refractivity contribution in [1.29, 1.82) is 0 Å². The van der Waals surface area contributed by atoms with Crippen LogP contribution in [0, 0.1) is 0 Å². The van der Waals surface area contributed by atoms with Gasteiger partial charge in [0.25, 0.3) is 8.32 Å². The monoisotopic (exact) mass is 454 g/mol. The Labute approximate surface area is 201 Å². The van der Waals surface area contributed by atoms with Gasteiger partial charge in [0.2, 0.25) is 0 Å². The SMILES string of the molecule is CCO[Si](c1ccc2ccccc2c1)(c1ccc2ccccc2c1)c1ccc2ccccc2c1. The van der Waals surface area contributed by atoms with E-state index in [-0.39, 0.29) is 0 Å². The first-order valence-electron chi connectivity index (χ1n) is 11.9. The third kappa shape index (κ3) is 3.43. The first-order chi connectivity index (χ1) is 16.8. The van der Waals surface area contributed by atoms with E-state index in [9.17, 15) is 0 Å². The van der Waals surface area contributed by atoms with Crippen molar-refractivity contribution in [2.75, 3.05) is 6.61 Å². The molecule has 0 unspecified atom stereocenters. The lowest BCUT2D eigenvalue weighted by Crippen LogP contribution is -2.69. The standard InChI is InChI=1S/C32H26OSi/c1-2-33-34(30-18-15-24-9-3-6-12-27(24)21-30,31-19-16-25-10-4-7-13-28(25)22-31)32-20-17-26-11-5-8-14-29(26)23-32/h3-23H,2H2,1H3. The van der Waals surface area contributed by atoms with Gasteiger partial charge in [-0.15, -0.1) is 0 Å². The zero-order valence-corrected chi connectivity index (χ0v) is 20.2. The van der Waals surface area contributed by atoms with Crippen LogP contribution in [0.1, 0.15) is 6.92 Å². The van der Waals surface area contributed by atoms with E-state index in [0.29, 0.717) is 6.61 Å². The average Bonchev–Trinajstić information content (AvgIpc) is 2.91. The van der Waals surface area contributed by atoms with E-state index in [2.05, 4.69) is 134 Å². The summed E-state index contributed by atoms with van der Waals surface area (Å²) in [5.41, 5.74) is 0. The van der Waals surface area contributed by atoms with Gasteiger partial charge in [-0.1, -0.05) is 127 Å². The van der Waals surface area contributed by atoms with Crippen molar-refractivity contribution in [3.63, 3.8) is 0 Å². The topological polar surface area (TPSA) is 9.23 Å². The molecule has 6 aromatic rings. The third-order valence-corrected chi connectivity index (χ3v) is 10.9. The van der Waals surface area contributed by atoms with Crippen molar-refractivity contribution >= 4 is 56.2 Å². The minimum atomic E-state index is -2.78. The van der Waals surface area contributed by atoms with Gasteiger partial charge in [-0.3, -0.25) is 0 Å². The van der Waals surface area contributed by atoms with Gasteiger partial charge in [0.15, 0.2) is 0 Å². The van der Waals surface area contributed by atoms with Crippen molar-refractivity contribution < 1.29 is 4.43 Å². The molecule has 164 valence electrons. The minimum Gasteiger partial charge on any atom is -0.405 e. The second-order valence-electron chi connectivity index (χ2n) is 8.80. The Kier molecular flexibility index (Phi) is 5.25. The first-order valence-corrected chi connectivity index (χ1v) is 13.8. The summed E-state index contributed by atoms with van der Waals surface area (Å²) in [6, 6.07) is 46.4. The highest BCUT2D eigenvalue weighted by Gasteiger charge is 2.42. The van der Waals surface area contributed by atoms with E-state index >= 15 is 0 Å². The van der Waals surface area contributed by atoms with Crippen LogP contribution in [0.3, 0.4) is 0 Å². The molecule has 0 saturated carbocycles. The predicted molar refractivity (Wildman–Crippen MR) is 148 cm³/mol. The van der Waals surface area contributed by atoms with Gasteiger partial charge in [0.05, 0.1) is 0 Å². The highest BCUT2D eigenvalue weighted by Crippen LogP contribution is 2.20. The largest absolute Gasteiger partial charge is 0.405 e. The van der Waals surface area contributed by atoms with E-state index in [4.69, 9.17) is 4.43 Å². The van der Waals surface area contributed by atoms with Gasteiger partial charge in [-0.2, -0.15) is 0 Å². The Morgan fingerprint density at radius 1 is 0.441 bits per heavy atom. The molecule has 34 heavy (non-hydrogen) atoms. The molecule has 6 rings (SSSR count). The second-order valence-corrected chi connectivity index (χ2v) is 12.2. The van der Waals surface area contributed by atoms with Crippen LogP contribution in [0.4, 0.5) is 0 Å². The summed E-state index contributed by atoms with van der Waals surface area (Å²) in [5.74, 6) is 0. The quantitative estimate of drug-likeness (QED) is 0.224. The maximum atomic E-state index is 6.97. The summed E-state index contributed by atoms with van der Waals surface area (Å²) in [7, 11) is -2.78. The van der Waals surface area contributed by atoms with Crippen LogP contribution in [0.25, 0.3) is 32.3 Å². The van der Waals surface area contributed by atoms with Crippen LogP contribution < -0.4 is 15.6 Å². The zero-order valence-electron chi connectivity index (χ0n) is 19.2. The van der Waals surface area contributed by atoms with Crippen LogP contribution in [-0.4, -0.2) is 14.9 Å². The summed E-state index contributed by atoms with van der Waals surface area (Å²) in [6.07, 6.45) is 0. The summed E-state index contributed by atoms with van der Waals surface area (Å²) < 4.78 is 6.97. The molecule has 2 heteroatoms. The lowest BCUT2D eigenvalue weighted by atomic mass is 10.1. The van der Waals surface area contributed by atoms with E-state index in [1.54, 1.807) is 0 Å². The Morgan fingerprint density at radius 3 is 1.09 bits per heavy atom. The molecule has 0 aliphatic rings. The van der Waals surface area contributed by atoms with Crippen molar-refractivity contribution in [3.8, 4) is 0 Å². The lowest BCUT2D eigenvalue weighted by Gasteiger charge is -2.33. The Hall–Kier alpha value is -3.72. The van der Waals surface area contributed by atoms with Crippen molar-refractivity contribution in [2.24, 2.45) is 0 Å². The molecule has 0 aliphatic heterocycles. The zero-order chi connectivity index (χ0) is 23.0. The van der Waals surface area contributed by atoms with Crippen LogP contribution in [0.5, 0.6) is 0 Å². The van der Waals surface area contributed by atoms with Gasteiger partial charge in [-0.05, 0) is 54.8 Å². The fraction of sp³-hybridized carbons (Fsp3) is 0.0625.